The first-order chi connectivity index (χ1) is 10.5. The number of carbonyl (C=O) groups excluding carboxylic acids is 1. The fourth-order valence-corrected chi connectivity index (χ4v) is 1.83. The molecule has 0 aliphatic heterocycles. The van der Waals surface area contributed by atoms with Crippen molar-refractivity contribution in [1.82, 2.24) is 10.3 Å². The predicted molar refractivity (Wildman–Crippen MR) is 85.3 cm³/mol. The van der Waals surface area contributed by atoms with Gasteiger partial charge >= 0.3 is 6.03 Å². The molecule has 0 radical (unpaired) electrons. The lowest BCUT2D eigenvalue weighted by atomic mass is 10.2. The first-order valence-corrected chi connectivity index (χ1v) is 7.05. The molecule has 0 bridgehead atoms. The summed E-state index contributed by atoms with van der Waals surface area (Å²) >= 11 is 0. The number of pyridine rings is 1. The molecule has 0 atom stereocenters. The van der Waals surface area contributed by atoms with Gasteiger partial charge in [0.2, 0.25) is 0 Å². The number of halogens is 1. The van der Waals surface area contributed by atoms with E-state index in [1.165, 1.54) is 6.07 Å². The zero-order valence-corrected chi connectivity index (χ0v) is 12.6. The van der Waals surface area contributed by atoms with Gasteiger partial charge in [-0.15, -0.1) is 0 Å². The van der Waals surface area contributed by atoms with Crippen molar-refractivity contribution in [2.75, 3.05) is 10.6 Å². The average molecular weight is 302 g/mol. The highest BCUT2D eigenvalue weighted by atomic mass is 19.1. The van der Waals surface area contributed by atoms with E-state index in [9.17, 15) is 9.18 Å². The highest BCUT2D eigenvalue weighted by Crippen LogP contribution is 2.13. The second-order valence-electron chi connectivity index (χ2n) is 5.13. The minimum atomic E-state index is -0.297. The van der Waals surface area contributed by atoms with Crippen molar-refractivity contribution >= 4 is 17.5 Å². The third-order valence-electron chi connectivity index (χ3n) is 2.87. The third kappa shape index (κ3) is 4.73. The zero-order chi connectivity index (χ0) is 15.9. The zero-order valence-electron chi connectivity index (χ0n) is 12.6. The SMILES string of the molecule is CC(C)NC(=O)Nc1ccc(NCc2ccccc2F)cn1. The fraction of sp³-hybridized carbons (Fsp3) is 0.250. The number of aromatic nitrogens is 1. The molecule has 0 saturated heterocycles. The van der Waals surface area contributed by atoms with Crippen LogP contribution in [0.5, 0.6) is 0 Å². The molecule has 3 N–H and O–H groups in total. The molecule has 116 valence electrons. The number of urea groups is 1. The summed E-state index contributed by atoms with van der Waals surface area (Å²) in [6.07, 6.45) is 1.59. The van der Waals surface area contributed by atoms with Crippen LogP contribution in [0.15, 0.2) is 42.6 Å². The summed E-state index contributed by atoms with van der Waals surface area (Å²) in [5.41, 5.74) is 1.33. The number of hydrogen-bond acceptors (Lipinski definition) is 3. The quantitative estimate of drug-likeness (QED) is 0.793. The van der Waals surface area contributed by atoms with Crippen LogP contribution in [0.1, 0.15) is 19.4 Å². The molecule has 22 heavy (non-hydrogen) atoms. The van der Waals surface area contributed by atoms with E-state index in [1.54, 1.807) is 36.5 Å². The third-order valence-corrected chi connectivity index (χ3v) is 2.87. The lowest BCUT2D eigenvalue weighted by Crippen LogP contribution is -2.34. The highest BCUT2D eigenvalue weighted by molar-refractivity contribution is 5.88. The maximum Gasteiger partial charge on any atom is 0.320 e. The molecule has 6 heteroatoms. The van der Waals surface area contributed by atoms with Gasteiger partial charge in [0.25, 0.3) is 0 Å². The van der Waals surface area contributed by atoms with Crippen LogP contribution in [0, 0.1) is 5.82 Å². The smallest absolute Gasteiger partial charge is 0.320 e. The molecule has 2 rings (SSSR count). The number of nitrogens with zero attached hydrogens (tertiary/aromatic N) is 1. The lowest BCUT2D eigenvalue weighted by Gasteiger charge is -2.10. The van der Waals surface area contributed by atoms with Crippen molar-refractivity contribution in [2.24, 2.45) is 0 Å². The van der Waals surface area contributed by atoms with E-state index in [-0.39, 0.29) is 17.9 Å². The topological polar surface area (TPSA) is 66.1 Å². The Kier molecular flexibility index (Phi) is 5.30. The van der Waals surface area contributed by atoms with E-state index < -0.39 is 0 Å². The van der Waals surface area contributed by atoms with Gasteiger partial charge in [-0.3, -0.25) is 5.32 Å². The van der Waals surface area contributed by atoms with Crippen molar-refractivity contribution in [1.29, 1.82) is 0 Å². The molecule has 1 aromatic heterocycles. The molecule has 0 aliphatic carbocycles. The number of rotatable bonds is 5. The second-order valence-corrected chi connectivity index (χ2v) is 5.13. The summed E-state index contributed by atoms with van der Waals surface area (Å²) in [6, 6.07) is 9.82. The van der Waals surface area contributed by atoms with Crippen molar-refractivity contribution < 1.29 is 9.18 Å². The molecule has 1 heterocycles. The number of nitrogens with one attached hydrogen (secondary N) is 3. The van der Waals surface area contributed by atoms with Gasteiger partial charge in [-0.05, 0) is 32.0 Å². The van der Waals surface area contributed by atoms with Gasteiger partial charge < -0.3 is 10.6 Å². The number of anilines is 2. The molecule has 5 nitrogen and oxygen atoms in total. The Labute approximate surface area is 129 Å². The van der Waals surface area contributed by atoms with Crippen LogP contribution < -0.4 is 16.0 Å². The van der Waals surface area contributed by atoms with E-state index in [0.29, 0.717) is 17.9 Å². The van der Waals surface area contributed by atoms with Gasteiger partial charge in [-0.2, -0.15) is 0 Å². The molecule has 0 saturated carbocycles. The van der Waals surface area contributed by atoms with E-state index in [4.69, 9.17) is 0 Å². The summed E-state index contributed by atoms with van der Waals surface area (Å²) in [4.78, 5) is 15.7. The summed E-state index contributed by atoms with van der Waals surface area (Å²) in [6.45, 7) is 4.13. The van der Waals surface area contributed by atoms with E-state index in [2.05, 4.69) is 20.9 Å². The van der Waals surface area contributed by atoms with Crippen molar-refractivity contribution in [3.8, 4) is 0 Å². The number of amides is 2. The Balaban J connectivity index is 1.89. The number of carbonyl (C=O) groups is 1. The van der Waals surface area contributed by atoms with Gasteiger partial charge in [-0.25, -0.2) is 14.2 Å². The standard InChI is InChI=1S/C16H19FN4O/c1-11(2)20-16(22)21-15-8-7-13(10-19-15)18-9-12-5-3-4-6-14(12)17/h3-8,10-11,18H,9H2,1-2H3,(H2,19,20,21,22). The Morgan fingerprint density at radius 3 is 2.64 bits per heavy atom. The highest BCUT2D eigenvalue weighted by Gasteiger charge is 2.04. The minimum Gasteiger partial charge on any atom is -0.380 e. The van der Waals surface area contributed by atoms with Gasteiger partial charge in [-0.1, -0.05) is 18.2 Å². The average Bonchev–Trinajstić information content (AvgIpc) is 2.47. The predicted octanol–water partition coefficient (Wildman–Crippen LogP) is 3.36. The Hall–Kier alpha value is -2.63. The fourth-order valence-electron chi connectivity index (χ4n) is 1.83. The Morgan fingerprint density at radius 1 is 1.23 bits per heavy atom. The summed E-state index contributed by atoms with van der Waals surface area (Å²) in [5.74, 6) is 0.209. The van der Waals surface area contributed by atoms with Crippen LogP contribution in [0.2, 0.25) is 0 Å². The summed E-state index contributed by atoms with van der Waals surface area (Å²) in [7, 11) is 0. The number of hydrogen-bond donors (Lipinski definition) is 3. The second kappa shape index (κ2) is 7.40. The first-order valence-electron chi connectivity index (χ1n) is 7.05. The van der Waals surface area contributed by atoms with E-state index in [0.717, 1.165) is 5.69 Å². The molecule has 2 amide bonds. The molecular weight excluding hydrogens is 283 g/mol. The largest absolute Gasteiger partial charge is 0.380 e. The molecular formula is C16H19FN4O. The van der Waals surface area contributed by atoms with Gasteiger partial charge in [0.15, 0.2) is 0 Å². The van der Waals surface area contributed by atoms with Crippen LogP contribution in [0.3, 0.4) is 0 Å². The molecule has 0 aliphatic rings. The van der Waals surface area contributed by atoms with Crippen molar-refractivity contribution in [3.05, 3.63) is 54.0 Å². The molecule has 2 aromatic rings. The van der Waals surface area contributed by atoms with Crippen LogP contribution in [0.25, 0.3) is 0 Å². The van der Waals surface area contributed by atoms with Gasteiger partial charge in [0.1, 0.15) is 11.6 Å². The molecule has 0 spiro atoms. The minimum absolute atomic E-state index is 0.0571. The molecule has 0 fully saturated rings. The maximum atomic E-state index is 13.5. The monoisotopic (exact) mass is 302 g/mol. The van der Waals surface area contributed by atoms with Crippen LogP contribution in [-0.4, -0.2) is 17.1 Å². The molecule has 0 unspecified atom stereocenters. The van der Waals surface area contributed by atoms with Crippen LogP contribution in [-0.2, 0) is 6.54 Å². The van der Waals surface area contributed by atoms with Crippen LogP contribution in [0.4, 0.5) is 20.7 Å². The van der Waals surface area contributed by atoms with Crippen molar-refractivity contribution in [3.63, 3.8) is 0 Å². The van der Waals surface area contributed by atoms with E-state index in [1.807, 2.05) is 13.8 Å². The first kappa shape index (κ1) is 15.8. The Bertz CT molecular complexity index is 628. The lowest BCUT2D eigenvalue weighted by molar-refractivity contribution is 0.250. The van der Waals surface area contributed by atoms with Crippen LogP contribution >= 0.6 is 0 Å². The van der Waals surface area contributed by atoms with E-state index >= 15 is 0 Å². The van der Waals surface area contributed by atoms with Crippen molar-refractivity contribution in [2.45, 2.75) is 26.4 Å². The maximum absolute atomic E-state index is 13.5. The Morgan fingerprint density at radius 2 is 2.00 bits per heavy atom. The molecule has 1 aromatic carbocycles. The summed E-state index contributed by atoms with van der Waals surface area (Å²) < 4.78 is 13.5. The normalized spacial score (nSPS) is 10.4. The summed E-state index contributed by atoms with van der Waals surface area (Å²) in [5, 5.41) is 8.43. The van der Waals surface area contributed by atoms with Gasteiger partial charge in [0, 0.05) is 18.2 Å². The number of benzene rings is 1. The van der Waals surface area contributed by atoms with Gasteiger partial charge in [0.05, 0.1) is 11.9 Å².